The van der Waals surface area contributed by atoms with Crippen molar-refractivity contribution in [3.05, 3.63) is 63.7 Å². The van der Waals surface area contributed by atoms with E-state index >= 15 is 0 Å². The number of carboxylic acid groups (broad SMARTS) is 1. The van der Waals surface area contributed by atoms with Crippen LogP contribution in [0.25, 0.3) is 0 Å². The number of hydrogen-bond acceptors (Lipinski definition) is 5. The number of aromatic carboxylic acids is 1. The minimum absolute atomic E-state index is 0.0550. The van der Waals surface area contributed by atoms with Crippen LogP contribution in [0.15, 0.2) is 42.5 Å². The highest BCUT2D eigenvalue weighted by Crippen LogP contribution is 2.32. The first-order valence-electron chi connectivity index (χ1n) is 8.47. The molecule has 1 saturated heterocycles. The molecule has 0 saturated carbocycles. The van der Waals surface area contributed by atoms with Crippen molar-refractivity contribution >= 4 is 23.0 Å². The predicted molar refractivity (Wildman–Crippen MR) is 100 cm³/mol. The quantitative estimate of drug-likeness (QED) is 0.669. The number of carboxylic acids is 1. The normalized spacial score (nSPS) is 17.2. The van der Waals surface area contributed by atoms with E-state index < -0.39 is 10.9 Å². The molecule has 0 aromatic heterocycles. The first-order valence-corrected chi connectivity index (χ1v) is 8.47. The molecule has 0 bridgehead atoms. The molecule has 26 heavy (non-hydrogen) atoms. The minimum atomic E-state index is -1.17. The van der Waals surface area contributed by atoms with Gasteiger partial charge in [-0.25, -0.2) is 4.79 Å². The number of piperazine rings is 1. The fourth-order valence-corrected chi connectivity index (χ4v) is 3.35. The second-order valence-electron chi connectivity index (χ2n) is 6.59. The van der Waals surface area contributed by atoms with Crippen molar-refractivity contribution in [1.29, 1.82) is 0 Å². The standard InChI is InChI=1S/C19H21N3O4/c1-13-3-6-16(7-4-13)20-9-10-21(14(2)12-20)17-8-5-15(19(23)24)11-18(17)22(25)26/h3-8,11,14H,9-10,12H2,1-2H3,(H,23,24)/t14-/m1/s1. The molecule has 0 radical (unpaired) electrons. The van der Waals surface area contributed by atoms with Crippen molar-refractivity contribution in [2.24, 2.45) is 0 Å². The minimum Gasteiger partial charge on any atom is -0.478 e. The van der Waals surface area contributed by atoms with Crippen LogP contribution < -0.4 is 9.80 Å². The summed E-state index contributed by atoms with van der Waals surface area (Å²) in [5.41, 5.74) is 2.57. The zero-order chi connectivity index (χ0) is 18.8. The fourth-order valence-electron chi connectivity index (χ4n) is 3.35. The number of aryl methyl sites for hydroxylation is 1. The monoisotopic (exact) mass is 355 g/mol. The van der Waals surface area contributed by atoms with Gasteiger partial charge < -0.3 is 14.9 Å². The summed E-state index contributed by atoms with van der Waals surface area (Å²) in [5.74, 6) is -1.17. The first kappa shape index (κ1) is 17.7. The van der Waals surface area contributed by atoms with E-state index in [4.69, 9.17) is 5.11 Å². The van der Waals surface area contributed by atoms with E-state index in [1.807, 2.05) is 18.7 Å². The maximum atomic E-state index is 11.4. The van der Waals surface area contributed by atoms with Gasteiger partial charge in [-0.15, -0.1) is 0 Å². The Morgan fingerprint density at radius 2 is 1.88 bits per heavy atom. The van der Waals surface area contributed by atoms with Crippen molar-refractivity contribution < 1.29 is 14.8 Å². The Hall–Kier alpha value is -3.09. The maximum absolute atomic E-state index is 11.4. The Balaban J connectivity index is 1.84. The molecule has 0 spiro atoms. The zero-order valence-corrected chi connectivity index (χ0v) is 14.8. The highest BCUT2D eigenvalue weighted by Gasteiger charge is 2.29. The summed E-state index contributed by atoms with van der Waals surface area (Å²) in [6.45, 7) is 6.17. The molecule has 7 nitrogen and oxygen atoms in total. The van der Waals surface area contributed by atoms with Crippen molar-refractivity contribution in [3.8, 4) is 0 Å². The van der Waals surface area contributed by atoms with Gasteiger partial charge >= 0.3 is 5.97 Å². The Bertz CT molecular complexity index is 835. The molecular formula is C19H21N3O4. The van der Waals surface area contributed by atoms with Gasteiger partial charge in [0, 0.05) is 37.4 Å². The lowest BCUT2D eigenvalue weighted by atomic mass is 10.1. The van der Waals surface area contributed by atoms with Crippen LogP contribution in [0.1, 0.15) is 22.8 Å². The number of hydrogen-bond donors (Lipinski definition) is 1. The molecule has 0 amide bonds. The van der Waals surface area contributed by atoms with Gasteiger partial charge in [0.25, 0.3) is 5.69 Å². The number of nitro benzene ring substituents is 1. The summed E-state index contributed by atoms with van der Waals surface area (Å²) in [6, 6.07) is 12.5. The van der Waals surface area contributed by atoms with Gasteiger partial charge in [-0.2, -0.15) is 0 Å². The SMILES string of the molecule is Cc1ccc(N2CCN(c3ccc(C(=O)O)cc3[N+](=O)[O-])[C@H](C)C2)cc1. The molecule has 2 aromatic rings. The maximum Gasteiger partial charge on any atom is 0.335 e. The largest absolute Gasteiger partial charge is 0.478 e. The second-order valence-corrected chi connectivity index (χ2v) is 6.59. The van der Waals surface area contributed by atoms with Crippen LogP contribution in [0.3, 0.4) is 0 Å². The molecule has 0 aliphatic carbocycles. The molecule has 136 valence electrons. The van der Waals surface area contributed by atoms with E-state index in [2.05, 4.69) is 29.2 Å². The average Bonchev–Trinajstić information content (AvgIpc) is 2.61. The number of nitrogens with zero attached hydrogens (tertiary/aromatic N) is 3. The van der Waals surface area contributed by atoms with Gasteiger partial charge in [0.1, 0.15) is 5.69 Å². The molecule has 1 heterocycles. The van der Waals surface area contributed by atoms with Crippen molar-refractivity contribution in [3.63, 3.8) is 0 Å². The van der Waals surface area contributed by atoms with E-state index in [-0.39, 0.29) is 17.3 Å². The third-order valence-corrected chi connectivity index (χ3v) is 4.76. The van der Waals surface area contributed by atoms with E-state index in [0.29, 0.717) is 12.2 Å². The third kappa shape index (κ3) is 3.46. The van der Waals surface area contributed by atoms with Gasteiger partial charge in [-0.3, -0.25) is 10.1 Å². The summed E-state index contributed by atoms with van der Waals surface area (Å²) in [5, 5.41) is 20.5. The van der Waals surface area contributed by atoms with Crippen LogP contribution in [0.4, 0.5) is 17.1 Å². The molecule has 1 aliphatic heterocycles. The number of carbonyl (C=O) groups is 1. The van der Waals surface area contributed by atoms with Crippen LogP contribution in [-0.2, 0) is 0 Å². The highest BCUT2D eigenvalue weighted by molar-refractivity contribution is 5.90. The summed E-state index contributed by atoms with van der Waals surface area (Å²) in [6.07, 6.45) is 0. The van der Waals surface area contributed by atoms with Crippen molar-refractivity contribution in [2.75, 3.05) is 29.4 Å². The lowest BCUT2D eigenvalue weighted by molar-refractivity contribution is -0.384. The number of nitro groups is 1. The van der Waals surface area contributed by atoms with Gasteiger partial charge in [0.05, 0.1) is 10.5 Å². The molecule has 2 aromatic carbocycles. The Morgan fingerprint density at radius 1 is 1.19 bits per heavy atom. The molecular weight excluding hydrogens is 334 g/mol. The van der Waals surface area contributed by atoms with Gasteiger partial charge in [-0.05, 0) is 38.1 Å². The molecule has 3 rings (SSSR count). The van der Waals surface area contributed by atoms with Crippen LogP contribution >= 0.6 is 0 Å². The van der Waals surface area contributed by atoms with Gasteiger partial charge in [0.2, 0.25) is 0 Å². The molecule has 0 unspecified atom stereocenters. The van der Waals surface area contributed by atoms with Crippen LogP contribution in [0.5, 0.6) is 0 Å². The van der Waals surface area contributed by atoms with E-state index in [1.165, 1.54) is 11.6 Å². The highest BCUT2D eigenvalue weighted by atomic mass is 16.6. The van der Waals surface area contributed by atoms with Crippen LogP contribution in [-0.4, -0.2) is 41.7 Å². The van der Waals surface area contributed by atoms with E-state index in [9.17, 15) is 14.9 Å². The number of rotatable bonds is 4. The third-order valence-electron chi connectivity index (χ3n) is 4.76. The second kappa shape index (κ2) is 7.03. The molecule has 1 N–H and O–H groups in total. The topological polar surface area (TPSA) is 86.9 Å². The molecule has 1 fully saturated rings. The first-order chi connectivity index (χ1) is 12.4. The number of anilines is 2. The van der Waals surface area contributed by atoms with Crippen molar-refractivity contribution in [1.82, 2.24) is 0 Å². The molecule has 1 atom stereocenters. The lowest BCUT2D eigenvalue weighted by Crippen LogP contribution is -2.52. The zero-order valence-electron chi connectivity index (χ0n) is 14.8. The van der Waals surface area contributed by atoms with E-state index in [1.54, 1.807) is 6.07 Å². The van der Waals surface area contributed by atoms with E-state index in [0.717, 1.165) is 24.8 Å². The fraction of sp³-hybridized carbons (Fsp3) is 0.316. The molecule has 7 heteroatoms. The van der Waals surface area contributed by atoms with Gasteiger partial charge in [-0.1, -0.05) is 17.7 Å². The lowest BCUT2D eigenvalue weighted by Gasteiger charge is -2.42. The summed E-state index contributed by atoms with van der Waals surface area (Å²) < 4.78 is 0. The van der Waals surface area contributed by atoms with Crippen LogP contribution in [0, 0.1) is 17.0 Å². The summed E-state index contributed by atoms with van der Waals surface area (Å²) in [7, 11) is 0. The molecule has 1 aliphatic rings. The predicted octanol–water partition coefficient (Wildman–Crippen LogP) is 3.32. The van der Waals surface area contributed by atoms with Crippen molar-refractivity contribution in [2.45, 2.75) is 19.9 Å². The Morgan fingerprint density at radius 3 is 2.46 bits per heavy atom. The number of benzene rings is 2. The van der Waals surface area contributed by atoms with Crippen LogP contribution in [0.2, 0.25) is 0 Å². The Labute approximate surface area is 151 Å². The summed E-state index contributed by atoms with van der Waals surface area (Å²) in [4.78, 5) is 26.3. The average molecular weight is 355 g/mol. The summed E-state index contributed by atoms with van der Waals surface area (Å²) >= 11 is 0. The van der Waals surface area contributed by atoms with Gasteiger partial charge in [0.15, 0.2) is 0 Å². The Kier molecular flexibility index (Phi) is 4.79. The smallest absolute Gasteiger partial charge is 0.335 e.